The van der Waals surface area contributed by atoms with Crippen LogP contribution in [0.4, 0.5) is 0 Å². The molecular weight excluding hydrogens is 324 g/mol. The molecule has 0 radical (unpaired) electrons. The van der Waals surface area contributed by atoms with Gasteiger partial charge in [0, 0.05) is 48.8 Å². The average Bonchev–Trinajstić information content (AvgIpc) is 3.26. The van der Waals surface area contributed by atoms with Crippen molar-refractivity contribution < 1.29 is 14.3 Å². The van der Waals surface area contributed by atoms with Gasteiger partial charge in [-0.05, 0) is 23.8 Å². The van der Waals surface area contributed by atoms with Gasteiger partial charge in [-0.1, -0.05) is 13.8 Å². The van der Waals surface area contributed by atoms with Crippen LogP contribution in [0, 0.1) is 17.8 Å². The largest absolute Gasteiger partial charge is 0.376 e. The zero-order valence-corrected chi connectivity index (χ0v) is 15.2. The third kappa shape index (κ3) is 3.98. The fourth-order valence-corrected chi connectivity index (χ4v) is 4.14. The maximum absolute atomic E-state index is 12.3. The number of rotatable bonds is 6. The van der Waals surface area contributed by atoms with Gasteiger partial charge in [-0.15, -0.1) is 0 Å². The first-order valence-corrected chi connectivity index (χ1v) is 9.68. The number of likely N-dealkylation sites (tertiary alicyclic amines) is 1. The van der Waals surface area contributed by atoms with Crippen LogP contribution in [0.15, 0.2) is 16.8 Å². The van der Waals surface area contributed by atoms with E-state index in [9.17, 15) is 9.59 Å². The lowest BCUT2D eigenvalue weighted by Gasteiger charge is -2.20. The highest BCUT2D eigenvalue weighted by molar-refractivity contribution is 7.08. The molecule has 3 atom stereocenters. The van der Waals surface area contributed by atoms with Gasteiger partial charge in [0.1, 0.15) is 0 Å². The van der Waals surface area contributed by atoms with Gasteiger partial charge in [-0.25, -0.2) is 0 Å². The van der Waals surface area contributed by atoms with Crippen molar-refractivity contribution in [3.05, 3.63) is 22.4 Å². The Kier molecular flexibility index (Phi) is 5.56. The van der Waals surface area contributed by atoms with Gasteiger partial charge in [0.2, 0.25) is 5.91 Å². The highest BCUT2D eigenvalue weighted by Crippen LogP contribution is 2.33. The number of hydrogen-bond acceptors (Lipinski definition) is 4. The fraction of sp³-hybridized carbons (Fsp3) is 0.667. The van der Waals surface area contributed by atoms with E-state index >= 15 is 0 Å². The van der Waals surface area contributed by atoms with Gasteiger partial charge in [-0.2, -0.15) is 11.3 Å². The molecule has 0 saturated carbocycles. The Bertz CT molecular complexity index is 573. The summed E-state index contributed by atoms with van der Waals surface area (Å²) in [5.41, 5.74) is 0.715. The molecule has 0 aromatic carbocycles. The van der Waals surface area contributed by atoms with E-state index in [0.717, 1.165) is 13.0 Å². The van der Waals surface area contributed by atoms with Crippen molar-refractivity contribution in [2.24, 2.45) is 17.8 Å². The molecule has 2 fully saturated rings. The number of carbonyl (C=O) groups excluding carboxylic acids is 2. The molecule has 0 unspecified atom stereocenters. The number of hydrogen-bond donors (Lipinski definition) is 1. The van der Waals surface area contributed by atoms with Crippen molar-refractivity contribution in [2.45, 2.75) is 32.8 Å². The number of ether oxygens (including phenoxy) is 1. The summed E-state index contributed by atoms with van der Waals surface area (Å²) in [7, 11) is 0. The topological polar surface area (TPSA) is 58.6 Å². The third-order valence-corrected chi connectivity index (χ3v) is 5.72. The van der Waals surface area contributed by atoms with E-state index in [2.05, 4.69) is 19.2 Å². The minimum atomic E-state index is -0.0254. The number of thiophene rings is 1. The lowest BCUT2D eigenvalue weighted by Crippen LogP contribution is -2.35. The van der Waals surface area contributed by atoms with Crippen molar-refractivity contribution in [2.75, 3.05) is 26.2 Å². The molecule has 1 N–H and O–H groups in total. The molecule has 0 bridgehead atoms. The lowest BCUT2D eigenvalue weighted by molar-refractivity contribution is -0.131. The minimum absolute atomic E-state index is 0.0254. The SMILES string of the molecule is CC(C)CCC(=O)N1C[C@@H]2[C@@H](CNC(=O)c3ccsc3)CO[C@@H]2C1. The van der Waals surface area contributed by atoms with Crippen LogP contribution in [0.25, 0.3) is 0 Å². The number of amides is 2. The summed E-state index contributed by atoms with van der Waals surface area (Å²) >= 11 is 1.52. The third-order valence-electron chi connectivity index (χ3n) is 5.04. The molecule has 2 aliphatic heterocycles. The minimum Gasteiger partial charge on any atom is -0.376 e. The molecule has 1 aromatic rings. The molecule has 24 heavy (non-hydrogen) atoms. The van der Waals surface area contributed by atoms with Crippen LogP contribution in [0.5, 0.6) is 0 Å². The Morgan fingerprint density at radius 3 is 2.96 bits per heavy atom. The van der Waals surface area contributed by atoms with Gasteiger partial charge in [0.25, 0.3) is 5.91 Å². The van der Waals surface area contributed by atoms with Gasteiger partial charge in [0.05, 0.1) is 12.7 Å². The molecule has 3 rings (SSSR count). The maximum atomic E-state index is 12.3. The second-order valence-corrected chi connectivity index (χ2v) is 8.03. The molecule has 0 aliphatic carbocycles. The van der Waals surface area contributed by atoms with E-state index in [1.54, 1.807) is 0 Å². The highest BCUT2D eigenvalue weighted by atomic mass is 32.1. The van der Waals surface area contributed by atoms with Gasteiger partial charge in [-0.3, -0.25) is 9.59 Å². The van der Waals surface area contributed by atoms with Crippen LogP contribution in [-0.4, -0.2) is 49.1 Å². The van der Waals surface area contributed by atoms with Crippen LogP contribution in [0.3, 0.4) is 0 Å². The zero-order chi connectivity index (χ0) is 17.1. The first-order valence-electron chi connectivity index (χ1n) is 8.74. The van der Waals surface area contributed by atoms with Gasteiger partial charge >= 0.3 is 0 Å². The van der Waals surface area contributed by atoms with Crippen LogP contribution in [0.2, 0.25) is 0 Å². The van der Waals surface area contributed by atoms with Crippen LogP contribution < -0.4 is 5.32 Å². The molecule has 3 heterocycles. The Hall–Kier alpha value is -1.40. The Labute approximate surface area is 147 Å². The maximum Gasteiger partial charge on any atom is 0.252 e. The molecule has 0 spiro atoms. The van der Waals surface area contributed by atoms with Crippen molar-refractivity contribution in [1.29, 1.82) is 0 Å². The van der Waals surface area contributed by atoms with E-state index < -0.39 is 0 Å². The highest BCUT2D eigenvalue weighted by Gasteiger charge is 2.44. The molecule has 2 aliphatic rings. The van der Waals surface area contributed by atoms with Crippen molar-refractivity contribution >= 4 is 23.2 Å². The molecular formula is C18H26N2O3S. The van der Waals surface area contributed by atoms with Crippen LogP contribution in [0.1, 0.15) is 37.0 Å². The summed E-state index contributed by atoms with van der Waals surface area (Å²) in [6.45, 7) is 7.04. The lowest BCUT2D eigenvalue weighted by atomic mass is 9.93. The van der Waals surface area contributed by atoms with E-state index in [1.165, 1.54) is 11.3 Å². The monoisotopic (exact) mass is 350 g/mol. The molecule has 2 amide bonds. The molecule has 6 heteroatoms. The van der Waals surface area contributed by atoms with E-state index in [0.29, 0.717) is 49.4 Å². The molecule has 132 valence electrons. The first kappa shape index (κ1) is 17.4. The molecule has 2 saturated heterocycles. The first-order chi connectivity index (χ1) is 11.5. The van der Waals surface area contributed by atoms with E-state index in [-0.39, 0.29) is 17.9 Å². The quantitative estimate of drug-likeness (QED) is 0.857. The predicted octanol–water partition coefficient (Wildman–Crippen LogP) is 2.39. The summed E-state index contributed by atoms with van der Waals surface area (Å²) in [5, 5.41) is 6.77. The van der Waals surface area contributed by atoms with Crippen molar-refractivity contribution in [1.82, 2.24) is 10.2 Å². The fourth-order valence-electron chi connectivity index (χ4n) is 3.50. The summed E-state index contributed by atoms with van der Waals surface area (Å²) < 4.78 is 5.88. The summed E-state index contributed by atoms with van der Waals surface area (Å²) in [6, 6.07) is 1.83. The standard InChI is InChI=1S/C18H26N2O3S/c1-12(2)3-4-17(21)20-8-15-14(10-23-16(15)9-20)7-19-18(22)13-5-6-24-11-13/h5-6,11-12,14-16H,3-4,7-10H2,1-2H3,(H,19,22)/t14-,15+,16+/m0/s1. The Balaban J connectivity index is 1.48. The Morgan fingerprint density at radius 2 is 2.25 bits per heavy atom. The molecule has 5 nitrogen and oxygen atoms in total. The van der Waals surface area contributed by atoms with E-state index in [4.69, 9.17) is 4.74 Å². The van der Waals surface area contributed by atoms with Crippen LogP contribution >= 0.6 is 11.3 Å². The second kappa shape index (κ2) is 7.66. The molecule has 1 aromatic heterocycles. The number of fused-ring (bicyclic) bond motifs is 1. The average molecular weight is 350 g/mol. The van der Waals surface area contributed by atoms with Crippen molar-refractivity contribution in [3.8, 4) is 0 Å². The second-order valence-electron chi connectivity index (χ2n) is 7.25. The predicted molar refractivity (Wildman–Crippen MR) is 94.0 cm³/mol. The summed E-state index contributed by atoms with van der Waals surface area (Å²) in [6.07, 6.45) is 1.69. The zero-order valence-electron chi connectivity index (χ0n) is 14.4. The summed E-state index contributed by atoms with van der Waals surface area (Å²) in [4.78, 5) is 26.3. The Morgan fingerprint density at radius 1 is 1.42 bits per heavy atom. The number of carbonyl (C=O) groups is 2. The smallest absolute Gasteiger partial charge is 0.252 e. The van der Waals surface area contributed by atoms with E-state index in [1.807, 2.05) is 21.7 Å². The number of nitrogens with one attached hydrogen (secondary N) is 1. The normalized spacial score (nSPS) is 26.0. The van der Waals surface area contributed by atoms with Gasteiger partial charge < -0.3 is 15.0 Å². The van der Waals surface area contributed by atoms with Crippen molar-refractivity contribution in [3.63, 3.8) is 0 Å². The van der Waals surface area contributed by atoms with Gasteiger partial charge in [0.15, 0.2) is 0 Å². The van der Waals surface area contributed by atoms with Crippen LogP contribution in [-0.2, 0) is 9.53 Å². The number of nitrogens with zero attached hydrogens (tertiary/aromatic N) is 1. The summed E-state index contributed by atoms with van der Waals surface area (Å²) in [5.74, 6) is 1.40.